The number of aromatic nitrogens is 4. The van der Waals surface area contributed by atoms with Crippen molar-refractivity contribution in [3.8, 4) is 22.9 Å². The van der Waals surface area contributed by atoms with Gasteiger partial charge in [-0.1, -0.05) is 47.5 Å². The molecule has 1 fully saturated rings. The molecule has 4 rings (SSSR count). The molecule has 2 aromatic heterocycles. The SMILES string of the molecule is COc1ccc(-c2noc(CSc3nnc(NC4CCCCC4)s3)n2)c(OC)c1. The molecule has 0 spiro atoms. The van der Waals surface area contributed by atoms with Crippen LogP contribution in [0.4, 0.5) is 5.13 Å². The first-order chi connectivity index (χ1) is 14.2. The Balaban J connectivity index is 1.36. The molecule has 0 unspecified atom stereocenters. The summed E-state index contributed by atoms with van der Waals surface area (Å²) < 4.78 is 16.9. The monoisotopic (exact) mass is 433 g/mol. The van der Waals surface area contributed by atoms with Gasteiger partial charge >= 0.3 is 0 Å². The smallest absolute Gasteiger partial charge is 0.237 e. The molecule has 29 heavy (non-hydrogen) atoms. The Kier molecular flexibility index (Phi) is 6.50. The highest BCUT2D eigenvalue weighted by Gasteiger charge is 2.17. The lowest BCUT2D eigenvalue weighted by atomic mass is 9.96. The Morgan fingerprint density at radius 1 is 1.17 bits per heavy atom. The molecule has 1 N–H and O–H groups in total. The number of methoxy groups -OCH3 is 2. The maximum absolute atomic E-state index is 5.42. The van der Waals surface area contributed by atoms with Crippen molar-refractivity contribution in [1.29, 1.82) is 0 Å². The van der Waals surface area contributed by atoms with Gasteiger partial charge in [0.05, 0.1) is 25.5 Å². The number of thioether (sulfide) groups is 1. The number of anilines is 1. The van der Waals surface area contributed by atoms with Crippen molar-refractivity contribution in [2.45, 2.75) is 48.2 Å². The first-order valence-electron chi connectivity index (χ1n) is 9.53. The van der Waals surface area contributed by atoms with Crippen LogP contribution in [0.2, 0.25) is 0 Å². The number of hydrogen-bond donors (Lipinski definition) is 1. The summed E-state index contributed by atoms with van der Waals surface area (Å²) in [6.45, 7) is 0. The predicted molar refractivity (Wildman–Crippen MR) is 113 cm³/mol. The zero-order valence-corrected chi connectivity index (χ0v) is 18.0. The van der Waals surface area contributed by atoms with Crippen LogP contribution in [0, 0.1) is 0 Å². The van der Waals surface area contributed by atoms with E-state index in [0.717, 1.165) is 15.0 Å². The van der Waals surface area contributed by atoms with Crippen LogP contribution >= 0.6 is 23.1 Å². The Morgan fingerprint density at radius 3 is 2.83 bits per heavy atom. The van der Waals surface area contributed by atoms with Gasteiger partial charge in [-0.25, -0.2) is 0 Å². The topological polar surface area (TPSA) is 95.2 Å². The number of nitrogens with one attached hydrogen (secondary N) is 1. The second-order valence-electron chi connectivity index (χ2n) is 6.72. The summed E-state index contributed by atoms with van der Waals surface area (Å²) in [6, 6.07) is 6.01. The zero-order chi connectivity index (χ0) is 20.1. The molecule has 0 radical (unpaired) electrons. The van der Waals surface area contributed by atoms with Crippen LogP contribution in [0.1, 0.15) is 38.0 Å². The maximum Gasteiger partial charge on any atom is 0.237 e. The van der Waals surface area contributed by atoms with Crippen LogP contribution in [0.5, 0.6) is 11.5 Å². The van der Waals surface area contributed by atoms with Gasteiger partial charge in [0.15, 0.2) is 4.34 Å². The molecule has 2 heterocycles. The molecule has 3 aromatic rings. The summed E-state index contributed by atoms with van der Waals surface area (Å²) in [5.74, 6) is 2.88. The van der Waals surface area contributed by atoms with Gasteiger partial charge in [0.25, 0.3) is 0 Å². The van der Waals surface area contributed by atoms with Crippen LogP contribution in [0.3, 0.4) is 0 Å². The maximum atomic E-state index is 5.42. The lowest BCUT2D eigenvalue weighted by Gasteiger charge is -2.21. The molecule has 10 heteroatoms. The summed E-state index contributed by atoms with van der Waals surface area (Å²) in [5, 5.41) is 17.0. The van der Waals surface area contributed by atoms with E-state index < -0.39 is 0 Å². The van der Waals surface area contributed by atoms with Crippen LogP contribution in [0.25, 0.3) is 11.4 Å². The summed E-state index contributed by atoms with van der Waals surface area (Å²) in [7, 11) is 3.21. The highest BCUT2D eigenvalue weighted by molar-refractivity contribution is 8.00. The fourth-order valence-electron chi connectivity index (χ4n) is 3.28. The highest BCUT2D eigenvalue weighted by atomic mass is 32.2. The van der Waals surface area contributed by atoms with E-state index >= 15 is 0 Å². The Labute approximate surface area is 177 Å². The van der Waals surface area contributed by atoms with E-state index in [9.17, 15) is 0 Å². The largest absolute Gasteiger partial charge is 0.497 e. The lowest BCUT2D eigenvalue weighted by molar-refractivity contribution is 0.388. The lowest BCUT2D eigenvalue weighted by Crippen LogP contribution is -2.21. The Hall–Kier alpha value is -2.33. The number of benzene rings is 1. The average Bonchev–Trinajstić information content (AvgIpc) is 3.42. The highest BCUT2D eigenvalue weighted by Crippen LogP contribution is 2.33. The van der Waals surface area contributed by atoms with Crippen LogP contribution in [0.15, 0.2) is 27.1 Å². The number of hydrogen-bond acceptors (Lipinski definition) is 10. The molecule has 0 amide bonds. The fraction of sp³-hybridized carbons (Fsp3) is 0.474. The zero-order valence-electron chi connectivity index (χ0n) is 16.4. The van der Waals surface area contributed by atoms with Gasteiger partial charge in [0.1, 0.15) is 11.5 Å². The molecule has 1 aromatic carbocycles. The molecular formula is C19H23N5O3S2. The van der Waals surface area contributed by atoms with Gasteiger partial charge in [-0.15, -0.1) is 10.2 Å². The minimum atomic E-state index is 0.483. The van der Waals surface area contributed by atoms with E-state index in [0.29, 0.717) is 35.0 Å². The average molecular weight is 434 g/mol. The second kappa shape index (κ2) is 9.45. The summed E-state index contributed by atoms with van der Waals surface area (Å²) in [6.07, 6.45) is 6.33. The molecule has 0 atom stereocenters. The standard InChI is InChI=1S/C19H23N5O3S2/c1-25-13-8-9-14(15(10-13)26-2)17-21-16(27-24-17)11-28-19-23-22-18(29-19)20-12-6-4-3-5-7-12/h8-10,12H,3-7,11H2,1-2H3,(H,20,22). The minimum absolute atomic E-state index is 0.483. The third-order valence-electron chi connectivity index (χ3n) is 4.78. The molecule has 1 saturated carbocycles. The Bertz CT molecular complexity index is 940. The quantitative estimate of drug-likeness (QED) is 0.510. The van der Waals surface area contributed by atoms with Gasteiger partial charge in [-0.05, 0) is 25.0 Å². The molecule has 1 aliphatic rings. The second-order valence-corrected chi connectivity index (χ2v) is 8.92. The first-order valence-corrected chi connectivity index (χ1v) is 11.3. The molecule has 154 valence electrons. The fourth-order valence-corrected chi connectivity index (χ4v) is 4.94. The van der Waals surface area contributed by atoms with Crippen molar-refractivity contribution in [1.82, 2.24) is 20.3 Å². The molecule has 0 aliphatic heterocycles. The Morgan fingerprint density at radius 2 is 2.03 bits per heavy atom. The van der Waals surface area contributed by atoms with E-state index in [1.54, 1.807) is 31.6 Å². The molecule has 0 saturated heterocycles. The summed E-state index contributed by atoms with van der Waals surface area (Å²) in [5.41, 5.74) is 0.753. The molecule has 0 bridgehead atoms. The predicted octanol–water partition coefficient (Wildman–Crippen LogP) is 4.64. The summed E-state index contributed by atoms with van der Waals surface area (Å²) in [4.78, 5) is 4.48. The van der Waals surface area contributed by atoms with Crippen molar-refractivity contribution in [2.24, 2.45) is 0 Å². The molecule has 1 aliphatic carbocycles. The van der Waals surface area contributed by atoms with Gasteiger partial charge in [0, 0.05) is 12.1 Å². The third-order valence-corrected chi connectivity index (χ3v) is 6.75. The van der Waals surface area contributed by atoms with Crippen LogP contribution in [-0.2, 0) is 5.75 Å². The van der Waals surface area contributed by atoms with E-state index in [-0.39, 0.29) is 0 Å². The van der Waals surface area contributed by atoms with Crippen LogP contribution in [-0.4, -0.2) is 40.6 Å². The van der Waals surface area contributed by atoms with E-state index in [1.165, 1.54) is 43.9 Å². The third kappa shape index (κ3) is 4.99. The van der Waals surface area contributed by atoms with E-state index in [4.69, 9.17) is 14.0 Å². The van der Waals surface area contributed by atoms with Crippen molar-refractivity contribution < 1.29 is 14.0 Å². The van der Waals surface area contributed by atoms with Crippen LogP contribution < -0.4 is 14.8 Å². The van der Waals surface area contributed by atoms with Gasteiger partial charge in [-0.2, -0.15) is 4.98 Å². The molecule has 8 nitrogen and oxygen atoms in total. The first kappa shape index (κ1) is 20.0. The van der Waals surface area contributed by atoms with Gasteiger partial charge < -0.3 is 19.3 Å². The van der Waals surface area contributed by atoms with Crippen molar-refractivity contribution >= 4 is 28.2 Å². The molecular weight excluding hydrogens is 410 g/mol. The summed E-state index contributed by atoms with van der Waals surface area (Å²) >= 11 is 3.10. The number of nitrogens with zero attached hydrogens (tertiary/aromatic N) is 4. The number of ether oxygens (including phenoxy) is 2. The van der Waals surface area contributed by atoms with Gasteiger partial charge in [-0.3, -0.25) is 0 Å². The van der Waals surface area contributed by atoms with E-state index in [2.05, 4.69) is 25.7 Å². The van der Waals surface area contributed by atoms with Crippen molar-refractivity contribution in [3.63, 3.8) is 0 Å². The minimum Gasteiger partial charge on any atom is -0.497 e. The van der Waals surface area contributed by atoms with Crippen molar-refractivity contribution in [3.05, 3.63) is 24.1 Å². The van der Waals surface area contributed by atoms with Gasteiger partial charge in [0.2, 0.25) is 16.8 Å². The van der Waals surface area contributed by atoms with Crippen molar-refractivity contribution in [2.75, 3.05) is 19.5 Å². The normalized spacial score (nSPS) is 14.7. The number of rotatable bonds is 8. The van der Waals surface area contributed by atoms with E-state index in [1.807, 2.05) is 12.1 Å².